The van der Waals surface area contributed by atoms with Crippen molar-refractivity contribution in [1.29, 1.82) is 5.26 Å². The highest BCUT2D eigenvalue weighted by molar-refractivity contribution is 5.87. The van der Waals surface area contributed by atoms with E-state index in [9.17, 15) is 15.2 Å². The van der Waals surface area contributed by atoms with Crippen LogP contribution in [0.15, 0.2) is 34.1 Å². The Morgan fingerprint density at radius 3 is 2.78 bits per heavy atom. The Balaban J connectivity index is 2.52. The molecule has 7 heteroatoms. The van der Waals surface area contributed by atoms with E-state index in [-0.39, 0.29) is 18.0 Å². The molecule has 0 atom stereocenters. The zero-order chi connectivity index (χ0) is 19.8. The molecule has 1 aromatic heterocycles. The highest BCUT2D eigenvalue weighted by Gasteiger charge is 2.18. The van der Waals surface area contributed by atoms with Crippen molar-refractivity contribution < 1.29 is 14.6 Å². The minimum atomic E-state index is -0.518. The summed E-state index contributed by atoms with van der Waals surface area (Å²) in [6.07, 6.45) is 1.98. The number of ether oxygens (including phenoxy) is 2. The monoisotopic (exact) mass is 369 g/mol. The zero-order valence-corrected chi connectivity index (χ0v) is 15.7. The van der Waals surface area contributed by atoms with Crippen LogP contribution in [0.25, 0.3) is 0 Å². The summed E-state index contributed by atoms with van der Waals surface area (Å²) in [5.74, 6) is 0.396. The molecule has 0 spiro atoms. The molecule has 0 amide bonds. The number of nitrogens with zero attached hydrogens (tertiary/aromatic N) is 3. The number of pyridine rings is 1. The first-order valence-corrected chi connectivity index (χ1v) is 8.66. The van der Waals surface area contributed by atoms with Gasteiger partial charge in [-0.3, -0.25) is 14.4 Å². The molecule has 0 unspecified atom stereocenters. The fourth-order valence-corrected chi connectivity index (χ4v) is 2.68. The lowest BCUT2D eigenvalue weighted by molar-refractivity contribution is 0.188. The third-order valence-corrected chi connectivity index (χ3v) is 4.07. The van der Waals surface area contributed by atoms with E-state index in [1.807, 2.05) is 25.1 Å². The number of hydrogen-bond acceptors (Lipinski definition) is 6. The van der Waals surface area contributed by atoms with E-state index in [1.165, 1.54) is 10.8 Å². The van der Waals surface area contributed by atoms with Crippen molar-refractivity contribution in [3.63, 3.8) is 0 Å². The lowest BCUT2D eigenvalue weighted by Crippen LogP contribution is -2.26. The van der Waals surface area contributed by atoms with Gasteiger partial charge in [-0.15, -0.1) is 0 Å². The number of rotatable bonds is 8. The number of benzene rings is 1. The lowest BCUT2D eigenvalue weighted by Gasteiger charge is -2.14. The molecule has 0 aliphatic carbocycles. The Bertz CT molecular complexity index is 926. The molecule has 27 heavy (non-hydrogen) atoms. The second-order valence-electron chi connectivity index (χ2n) is 5.81. The fraction of sp³-hybridized carbons (Fsp3) is 0.350. The average molecular weight is 369 g/mol. The van der Waals surface area contributed by atoms with Crippen molar-refractivity contribution >= 4 is 11.9 Å². The molecule has 1 N–H and O–H groups in total. The van der Waals surface area contributed by atoms with Gasteiger partial charge in [0.05, 0.1) is 12.2 Å². The van der Waals surface area contributed by atoms with Gasteiger partial charge in [-0.1, -0.05) is 12.1 Å². The molecule has 0 aliphatic rings. The van der Waals surface area contributed by atoms with Crippen LogP contribution in [0.2, 0.25) is 0 Å². The van der Waals surface area contributed by atoms with Crippen molar-refractivity contribution in [3.05, 3.63) is 51.3 Å². The molecule has 2 rings (SSSR count). The predicted octanol–water partition coefficient (Wildman–Crippen LogP) is 2.92. The Kier molecular flexibility index (Phi) is 7.15. The van der Waals surface area contributed by atoms with Crippen LogP contribution in [-0.4, -0.2) is 36.2 Å². The van der Waals surface area contributed by atoms with Crippen LogP contribution in [0.4, 0.5) is 5.69 Å². The Morgan fingerprint density at radius 1 is 1.37 bits per heavy atom. The molecular formula is C20H23N3O4. The van der Waals surface area contributed by atoms with Crippen LogP contribution in [0.3, 0.4) is 0 Å². The van der Waals surface area contributed by atoms with E-state index in [2.05, 4.69) is 4.99 Å². The summed E-state index contributed by atoms with van der Waals surface area (Å²) < 4.78 is 11.7. The lowest BCUT2D eigenvalue weighted by atomic mass is 10.1. The number of aromatic hydroxyl groups is 1. The van der Waals surface area contributed by atoms with E-state index in [1.54, 1.807) is 26.2 Å². The van der Waals surface area contributed by atoms with E-state index in [0.29, 0.717) is 42.2 Å². The zero-order valence-electron chi connectivity index (χ0n) is 15.7. The van der Waals surface area contributed by atoms with E-state index in [4.69, 9.17) is 9.47 Å². The molecule has 0 bridgehead atoms. The summed E-state index contributed by atoms with van der Waals surface area (Å²) in [5, 5.41) is 20.0. The van der Waals surface area contributed by atoms with Gasteiger partial charge in [-0.25, -0.2) is 0 Å². The van der Waals surface area contributed by atoms with Crippen LogP contribution in [0, 0.1) is 18.3 Å². The normalized spacial score (nSPS) is 10.9. The molecule has 0 aliphatic heterocycles. The number of methoxy groups -OCH3 is 1. The van der Waals surface area contributed by atoms with Crippen LogP contribution in [0.5, 0.6) is 11.6 Å². The van der Waals surface area contributed by atoms with Crippen molar-refractivity contribution in [1.82, 2.24) is 4.57 Å². The molecule has 142 valence electrons. The Labute approximate surface area is 158 Å². The maximum absolute atomic E-state index is 12.5. The van der Waals surface area contributed by atoms with Crippen LogP contribution >= 0.6 is 0 Å². The molecule has 0 saturated carbocycles. The molecule has 0 saturated heterocycles. The average Bonchev–Trinajstić information content (AvgIpc) is 2.66. The smallest absolute Gasteiger partial charge is 0.271 e. The summed E-state index contributed by atoms with van der Waals surface area (Å²) in [5.41, 5.74) is 0.782. The van der Waals surface area contributed by atoms with Gasteiger partial charge >= 0.3 is 0 Å². The quantitative estimate of drug-likeness (QED) is 0.570. The minimum Gasteiger partial charge on any atom is -0.494 e. The first-order valence-electron chi connectivity index (χ1n) is 8.66. The van der Waals surface area contributed by atoms with E-state index in [0.717, 1.165) is 0 Å². The first-order chi connectivity index (χ1) is 13.0. The van der Waals surface area contributed by atoms with Crippen molar-refractivity contribution in [2.24, 2.45) is 4.99 Å². The van der Waals surface area contributed by atoms with Gasteiger partial charge in [0.25, 0.3) is 5.56 Å². The van der Waals surface area contributed by atoms with E-state index >= 15 is 0 Å². The van der Waals surface area contributed by atoms with Crippen molar-refractivity contribution in [3.8, 4) is 17.7 Å². The van der Waals surface area contributed by atoms with Gasteiger partial charge in [-0.05, 0) is 38.0 Å². The molecule has 1 aromatic carbocycles. The Hall–Kier alpha value is -3.11. The molecule has 0 fully saturated rings. The third kappa shape index (κ3) is 4.54. The summed E-state index contributed by atoms with van der Waals surface area (Å²) in [6.45, 7) is 4.68. The molecule has 7 nitrogen and oxygen atoms in total. The number of hydrogen-bond donors (Lipinski definition) is 1. The van der Waals surface area contributed by atoms with Gasteiger partial charge < -0.3 is 14.6 Å². The summed E-state index contributed by atoms with van der Waals surface area (Å²) in [6, 6.07) is 9.19. The third-order valence-electron chi connectivity index (χ3n) is 4.07. The molecular weight excluding hydrogens is 346 g/mol. The number of nitriles is 1. The number of para-hydroxylation sites is 2. The Morgan fingerprint density at radius 2 is 2.11 bits per heavy atom. The summed E-state index contributed by atoms with van der Waals surface area (Å²) >= 11 is 0. The van der Waals surface area contributed by atoms with Crippen LogP contribution in [0.1, 0.15) is 30.0 Å². The predicted molar refractivity (Wildman–Crippen MR) is 103 cm³/mol. The van der Waals surface area contributed by atoms with Crippen molar-refractivity contribution in [2.75, 3.05) is 20.3 Å². The van der Waals surface area contributed by atoms with Gasteiger partial charge in [0.1, 0.15) is 23.1 Å². The maximum Gasteiger partial charge on any atom is 0.271 e. The highest BCUT2D eigenvalue weighted by atomic mass is 16.5. The topological polar surface area (TPSA) is 96.8 Å². The fourth-order valence-electron chi connectivity index (χ4n) is 2.68. The van der Waals surface area contributed by atoms with Gasteiger partial charge in [-0.2, -0.15) is 5.26 Å². The molecule has 2 aromatic rings. The van der Waals surface area contributed by atoms with Crippen LogP contribution < -0.4 is 10.3 Å². The van der Waals surface area contributed by atoms with Gasteiger partial charge in [0, 0.05) is 26.5 Å². The second-order valence-corrected chi connectivity index (χ2v) is 5.81. The first kappa shape index (κ1) is 20.2. The summed E-state index contributed by atoms with van der Waals surface area (Å²) in [4.78, 5) is 16.9. The van der Waals surface area contributed by atoms with E-state index < -0.39 is 5.56 Å². The number of aromatic nitrogens is 1. The molecule has 1 heterocycles. The van der Waals surface area contributed by atoms with Gasteiger partial charge in [0.2, 0.25) is 5.88 Å². The maximum atomic E-state index is 12.5. The SMILES string of the molecule is CCOc1ccccc1N=Cc1c(C)c(C#N)c(=O)n(CCCOC)c1O. The largest absolute Gasteiger partial charge is 0.494 e. The minimum absolute atomic E-state index is 0.00948. The number of aliphatic imine (C=N–C) groups is 1. The van der Waals surface area contributed by atoms with Crippen molar-refractivity contribution in [2.45, 2.75) is 26.8 Å². The van der Waals surface area contributed by atoms with Gasteiger partial charge in [0.15, 0.2) is 0 Å². The second kappa shape index (κ2) is 9.55. The summed E-state index contributed by atoms with van der Waals surface area (Å²) in [7, 11) is 1.56. The molecule has 0 radical (unpaired) electrons. The standard InChI is InChI=1S/C20H23N3O4/c1-4-27-18-9-6-5-8-17(18)22-13-16-14(2)15(12-21)19(24)23(20(16)25)10-7-11-26-3/h5-6,8-9,13,25H,4,7,10-11H2,1-3H3. The van der Waals surface area contributed by atoms with Crippen LogP contribution in [-0.2, 0) is 11.3 Å². The highest BCUT2D eigenvalue weighted by Crippen LogP contribution is 2.28.